The van der Waals surface area contributed by atoms with Gasteiger partial charge in [-0.25, -0.2) is 0 Å². The van der Waals surface area contributed by atoms with Crippen LogP contribution >= 0.6 is 0 Å². The van der Waals surface area contributed by atoms with Gasteiger partial charge in [0.05, 0.1) is 0 Å². The summed E-state index contributed by atoms with van der Waals surface area (Å²) in [5, 5.41) is 8.55. The lowest BCUT2D eigenvalue weighted by Gasteiger charge is -2.33. The van der Waals surface area contributed by atoms with E-state index in [2.05, 4.69) is 23.9 Å². The fourth-order valence-electron chi connectivity index (χ4n) is 2.70. The van der Waals surface area contributed by atoms with Crippen LogP contribution in [-0.2, 0) is 4.79 Å². The van der Waals surface area contributed by atoms with E-state index in [0.29, 0.717) is 6.42 Å². The third kappa shape index (κ3) is 6.97. The molecule has 0 saturated carbocycles. The molecule has 1 rings (SSSR count). The van der Waals surface area contributed by atoms with Gasteiger partial charge in [-0.1, -0.05) is 6.42 Å². The van der Waals surface area contributed by atoms with Gasteiger partial charge in [-0.05, 0) is 65.3 Å². The average Bonchev–Trinajstić information content (AvgIpc) is 2.30. The lowest BCUT2D eigenvalue weighted by molar-refractivity contribution is -0.137. The Labute approximate surface area is 111 Å². The van der Waals surface area contributed by atoms with E-state index in [9.17, 15) is 4.79 Å². The topological polar surface area (TPSA) is 43.8 Å². The van der Waals surface area contributed by atoms with E-state index in [-0.39, 0.29) is 0 Å². The second-order valence-corrected chi connectivity index (χ2v) is 5.75. The normalized spacial score (nSPS) is 18.4. The standard InChI is InChI=1S/C14H28N2O2/c1-15(2)12-13-7-10-16(11-8-13)9-5-3-4-6-14(17)18/h13H,3-12H2,1-2H3,(H,17,18). The van der Waals surface area contributed by atoms with Crippen LogP contribution in [-0.4, -0.2) is 61.2 Å². The van der Waals surface area contributed by atoms with E-state index in [1.165, 1.54) is 32.5 Å². The predicted octanol–water partition coefficient (Wildman–Crippen LogP) is 1.90. The summed E-state index contributed by atoms with van der Waals surface area (Å²) in [6.07, 6.45) is 5.97. The molecule has 0 spiro atoms. The van der Waals surface area contributed by atoms with E-state index in [1.54, 1.807) is 0 Å². The van der Waals surface area contributed by atoms with E-state index in [4.69, 9.17) is 5.11 Å². The largest absolute Gasteiger partial charge is 0.481 e. The van der Waals surface area contributed by atoms with Crippen LogP contribution in [0.25, 0.3) is 0 Å². The summed E-state index contributed by atoms with van der Waals surface area (Å²) < 4.78 is 0. The van der Waals surface area contributed by atoms with Crippen LogP contribution in [0.15, 0.2) is 0 Å². The second kappa shape index (κ2) is 8.48. The maximum Gasteiger partial charge on any atom is 0.303 e. The van der Waals surface area contributed by atoms with Crippen LogP contribution in [0.5, 0.6) is 0 Å². The van der Waals surface area contributed by atoms with Crippen molar-refractivity contribution in [2.75, 3.05) is 40.3 Å². The molecule has 1 heterocycles. The number of hydrogen-bond donors (Lipinski definition) is 1. The molecule has 0 atom stereocenters. The number of likely N-dealkylation sites (tertiary alicyclic amines) is 1. The zero-order chi connectivity index (χ0) is 13.4. The molecule has 0 radical (unpaired) electrons. The van der Waals surface area contributed by atoms with Gasteiger partial charge in [0.15, 0.2) is 0 Å². The van der Waals surface area contributed by atoms with Crippen molar-refractivity contribution >= 4 is 5.97 Å². The van der Waals surface area contributed by atoms with Gasteiger partial charge in [-0.2, -0.15) is 0 Å². The number of nitrogens with zero attached hydrogens (tertiary/aromatic N) is 2. The molecule has 0 aliphatic carbocycles. The maximum atomic E-state index is 10.4. The summed E-state index contributed by atoms with van der Waals surface area (Å²) >= 11 is 0. The summed E-state index contributed by atoms with van der Waals surface area (Å²) in [6.45, 7) is 4.80. The molecule has 1 fully saturated rings. The molecule has 18 heavy (non-hydrogen) atoms. The molecule has 1 saturated heterocycles. The second-order valence-electron chi connectivity index (χ2n) is 5.75. The van der Waals surface area contributed by atoms with Gasteiger partial charge >= 0.3 is 5.97 Å². The van der Waals surface area contributed by atoms with E-state index < -0.39 is 5.97 Å². The average molecular weight is 256 g/mol. The Kier molecular flexibility index (Phi) is 7.28. The molecule has 4 nitrogen and oxygen atoms in total. The molecule has 0 aromatic carbocycles. The lowest BCUT2D eigenvalue weighted by atomic mass is 9.96. The van der Waals surface area contributed by atoms with Gasteiger partial charge in [0.2, 0.25) is 0 Å². The molecular weight excluding hydrogens is 228 g/mol. The molecule has 0 bridgehead atoms. The number of rotatable bonds is 8. The molecule has 0 aromatic rings. The predicted molar refractivity (Wildman–Crippen MR) is 73.8 cm³/mol. The monoisotopic (exact) mass is 256 g/mol. The molecule has 1 aliphatic heterocycles. The van der Waals surface area contributed by atoms with Gasteiger partial charge in [0.1, 0.15) is 0 Å². The van der Waals surface area contributed by atoms with Gasteiger partial charge in [0, 0.05) is 13.0 Å². The van der Waals surface area contributed by atoms with Crippen molar-refractivity contribution in [3.05, 3.63) is 0 Å². The van der Waals surface area contributed by atoms with Gasteiger partial charge < -0.3 is 14.9 Å². The highest BCUT2D eigenvalue weighted by atomic mass is 16.4. The molecule has 1 N–H and O–H groups in total. The van der Waals surface area contributed by atoms with Crippen LogP contribution in [0.3, 0.4) is 0 Å². The van der Waals surface area contributed by atoms with Crippen LogP contribution in [0, 0.1) is 5.92 Å². The SMILES string of the molecule is CN(C)CC1CCN(CCCCCC(=O)O)CC1. The zero-order valence-corrected chi connectivity index (χ0v) is 11.9. The van der Waals surface area contributed by atoms with Crippen molar-refractivity contribution in [2.24, 2.45) is 5.92 Å². The van der Waals surface area contributed by atoms with Crippen molar-refractivity contribution in [1.82, 2.24) is 9.80 Å². The van der Waals surface area contributed by atoms with Crippen LogP contribution in [0.1, 0.15) is 38.5 Å². The first-order chi connectivity index (χ1) is 8.58. The van der Waals surface area contributed by atoms with Gasteiger partial charge in [-0.3, -0.25) is 4.79 Å². The Bertz CT molecular complexity index is 236. The first-order valence-electron chi connectivity index (χ1n) is 7.17. The van der Waals surface area contributed by atoms with Crippen molar-refractivity contribution in [3.8, 4) is 0 Å². The Morgan fingerprint density at radius 1 is 1.22 bits per heavy atom. The summed E-state index contributed by atoms with van der Waals surface area (Å²) in [6, 6.07) is 0. The lowest BCUT2D eigenvalue weighted by Crippen LogP contribution is -2.37. The highest BCUT2D eigenvalue weighted by molar-refractivity contribution is 5.66. The number of carboxylic acids is 1. The van der Waals surface area contributed by atoms with E-state index in [1.807, 2.05) is 0 Å². The minimum absolute atomic E-state index is 0.324. The Hall–Kier alpha value is -0.610. The third-order valence-electron chi connectivity index (χ3n) is 3.70. The summed E-state index contributed by atoms with van der Waals surface area (Å²) in [4.78, 5) is 15.2. The van der Waals surface area contributed by atoms with Gasteiger partial charge in [-0.15, -0.1) is 0 Å². The number of hydrogen-bond acceptors (Lipinski definition) is 3. The Morgan fingerprint density at radius 2 is 1.89 bits per heavy atom. The smallest absolute Gasteiger partial charge is 0.303 e. The van der Waals surface area contributed by atoms with Crippen molar-refractivity contribution in [2.45, 2.75) is 38.5 Å². The van der Waals surface area contributed by atoms with E-state index >= 15 is 0 Å². The zero-order valence-electron chi connectivity index (χ0n) is 11.9. The highest BCUT2D eigenvalue weighted by Gasteiger charge is 2.18. The minimum atomic E-state index is -0.667. The number of unbranched alkanes of at least 4 members (excludes halogenated alkanes) is 2. The Balaban J connectivity index is 2.00. The fourth-order valence-corrected chi connectivity index (χ4v) is 2.70. The van der Waals surface area contributed by atoms with Gasteiger partial charge in [0.25, 0.3) is 0 Å². The first-order valence-corrected chi connectivity index (χ1v) is 7.17. The van der Waals surface area contributed by atoms with E-state index in [0.717, 1.165) is 31.7 Å². The summed E-state index contributed by atoms with van der Waals surface area (Å²) in [5.41, 5.74) is 0. The number of carboxylic acid groups (broad SMARTS) is 1. The van der Waals surface area contributed by atoms with Crippen LogP contribution in [0.2, 0.25) is 0 Å². The molecule has 0 unspecified atom stereocenters. The van der Waals surface area contributed by atoms with Crippen molar-refractivity contribution < 1.29 is 9.90 Å². The number of aliphatic carboxylic acids is 1. The molecule has 1 aliphatic rings. The number of piperidine rings is 1. The minimum Gasteiger partial charge on any atom is -0.481 e. The molecule has 4 heteroatoms. The molecule has 106 valence electrons. The van der Waals surface area contributed by atoms with Crippen molar-refractivity contribution in [3.63, 3.8) is 0 Å². The van der Waals surface area contributed by atoms with Crippen LogP contribution in [0.4, 0.5) is 0 Å². The first kappa shape index (κ1) is 15.4. The summed E-state index contributed by atoms with van der Waals surface area (Å²) in [7, 11) is 4.30. The quantitative estimate of drug-likeness (QED) is 0.674. The third-order valence-corrected chi connectivity index (χ3v) is 3.70. The molecule has 0 amide bonds. The maximum absolute atomic E-state index is 10.4. The molecule has 0 aromatic heterocycles. The van der Waals surface area contributed by atoms with Crippen molar-refractivity contribution in [1.29, 1.82) is 0 Å². The Morgan fingerprint density at radius 3 is 2.44 bits per heavy atom. The fraction of sp³-hybridized carbons (Fsp3) is 0.929. The molecular formula is C14H28N2O2. The summed E-state index contributed by atoms with van der Waals surface area (Å²) in [5.74, 6) is 0.197. The van der Waals surface area contributed by atoms with Crippen LogP contribution < -0.4 is 0 Å². The number of carbonyl (C=O) groups is 1. The highest BCUT2D eigenvalue weighted by Crippen LogP contribution is 2.18.